The summed E-state index contributed by atoms with van der Waals surface area (Å²) in [6.45, 7) is 8.08. The molecule has 10 heteroatoms. The van der Waals surface area contributed by atoms with Crippen LogP contribution < -0.4 is 15.4 Å². The van der Waals surface area contributed by atoms with Gasteiger partial charge in [0.25, 0.3) is 5.91 Å². The van der Waals surface area contributed by atoms with Crippen LogP contribution in [0.1, 0.15) is 10.5 Å². The molecule has 0 aliphatic carbocycles. The summed E-state index contributed by atoms with van der Waals surface area (Å²) in [6, 6.07) is 13.2. The van der Waals surface area contributed by atoms with Crippen molar-refractivity contribution in [3.63, 3.8) is 0 Å². The first-order valence-electron chi connectivity index (χ1n) is 12.2. The smallest absolute Gasteiger partial charge is 0.270 e. The van der Waals surface area contributed by atoms with Crippen LogP contribution in [0.15, 0.2) is 67.5 Å². The van der Waals surface area contributed by atoms with Crippen molar-refractivity contribution in [3.05, 3.63) is 73.2 Å². The number of benzene rings is 1. The summed E-state index contributed by atoms with van der Waals surface area (Å²) in [5.41, 5.74) is 3.64. The number of nitrogens with zero attached hydrogens (tertiary/aromatic N) is 4. The molecular weight excluding hydrogens is 470 g/mol. The van der Waals surface area contributed by atoms with Crippen LogP contribution >= 0.6 is 0 Å². The van der Waals surface area contributed by atoms with Crippen molar-refractivity contribution in [2.45, 2.75) is 0 Å². The topological polar surface area (TPSA) is 117 Å². The summed E-state index contributed by atoms with van der Waals surface area (Å²) in [7, 11) is 0. The van der Waals surface area contributed by atoms with Crippen molar-refractivity contribution in [1.82, 2.24) is 30.2 Å². The van der Waals surface area contributed by atoms with Crippen LogP contribution in [0.25, 0.3) is 22.3 Å². The number of H-pyrrole nitrogens is 1. The van der Waals surface area contributed by atoms with Gasteiger partial charge in [0, 0.05) is 61.2 Å². The van der Waals surface area contributed by atoms with E-state index in [9.17, 15) is 4.79 Å². The average Bonchev–Trinajstić information content (AvgIpc) is 3.37. The molecule has 0 radical (unpaired) electrons. The molecule has 1 amide bonds. The number of hydrogen-bond donors (Lipinski definition) is 3. The number of carbonyl (C=O) groups excluding carboxylic acids is 1. The monoisotopic (exact) mass is 499 g/mol. The number of rotatable bonds is 10. The molecule has 0 saturated carbocycles. The maximum absolute atomic E-state index is 12.8. The van der Waals surface area contributed by atoms with E-state index in [1.807, 2.05) is 35.2 Å². The van der Waals surface area contributed by atoms with Gasteiger partial charge in [-0.25, -0.2) is 9.97 Å². The SMILES string of the molecule is C=CCOCCOc1ccnc(-c2ccnc(Nc3ccc4[nH]c(C(=O)N5CCNCC5)cc4c3)n2)c1. The van der Waals surface area contributed by atoms with Gasteiger partial charge in [-0.15, -0.1) is 6.58 Å². The Morgan fingerprint density at radius 3 is 2.78 bits per heavy atom. The molecule has 4 aromatic rings. The summed E-state index contributed by atoms with van der Waals surface area (Å²) in [6.07, 6.45) is 5.07. The van der Waals surface area contributed by atoms with Crippen molar-refractivity contribution < 1.29 is 14.3 Å². The molecule has 4 heterocycles. The van der Waals surface area contributed by atoms with E-state index in [1.54, 1.807) is 30.6 Å². The van der Waals surface area contributed by atoms with Gasteiger partial charge in [0.1, 0.15) is 18.1 Å². The first-order valence-corrected chi connectivity index (χ1v) is 12.2. The predicted molar refractivity (Wildman–Crippen MR) is 142 cm³/mol. The molecule has 10 nitrogen and oxygen atoms in total. The minimum Gasteiger partial charge on any atom is -0.491 e. The first-order chi connectivity index (χ1) is 18.2. The van der Waals surface area contributed by atoms with Crippen molar-refractivity contribution in [3.8, 4) is 17.1 Å². The zero-order valence-electron chi connectivity index (χ0n) is 20.4. The number of nitrogens with one attached hydrogen (secondary N) is 3. The molecule has 5 rings (SSSR count). The number of fused-ring (bicyclic) bond motifs is 1. The summed E-state index contributed by atoms with van der Waals surface area (Å²) in [4.78, 5) is 31.4. The van der Waals surface area contributed by atoms with Crippen LogP contribution in [0.4, 0.5) is 11.6 Å². The fourth-order valence-electron chi connectivity index (χ4n) is 4.08. The fraction of sp³-hybridized carbons (Fsp3) is 0.259. The third kappa shape index (κ3) is 6.11. The van der Waals surface area contributed by atoms with Crippen molar-refractivity contribution in [1.29, 1.82) is 0 Å². The van der Waals surface area contributed by atoms with Crippen LogP contribution in [0.3, 0.4) is 0 Å². The average molecular weight is 500 g/mol. The molecular formula is C27H29N7O3. The highest BCUT2D eigenvalue weighted by atomic mass is 16.5. The molecule has 3 N–H and O–H groups in total. The second-order valence-corrected chi connectivity index (χ2v) is 8.51. The number of aromatic amines is 1. The normalized spacial score (nSPS) is 13.5. The lowest BCUT2D eigenvalue weighted by Gasteiger charge is -2.26. The number of aromatic nitrogens is 4. The van der Waals surface area contributed by atoms with Gasteiger partial charge in [-0.05, 0) is 36.4 Å². The number of carbonyl (C=O) groups is 1. The molecule has 37 heavy (non-hydrogen) atoms. The highest BCUT2D eigenvalue weighted by molar-refractivity contribution is 5.98. The van der Waals surface area contributed by atoms with Crippen LogP contribution in [-0.2, 0) is 4.74 Å². The van der Waals surface area contributed by atoms with E-state index in [-0.39, 0.29) is 5.91 Å². The molecule has 1 aliphatic heterocycles. The molecule has 190 valence electrons. The lowest BCUT2D eigenvalue weighted by Crippen LogP contribution is -2.46. The number of piperazine rings is 1. The Hall–Kier alpha value is -4.28. The predicted octanol–water partition coefficient (Wildman–Crippen LogP) is 3.39. The maximum atomic E-state index is 12.8. The lowest BCUT2D eigenvalue weighted by molar-refractivity contribution is 0.0731. The number of ether oxygens (including phenoxy) is 2. The van der Waals surface area contributed by atoms with Gasteiger partial charge in [0.15, 0.2) is 0 Å². The van der Waals surface area contributed by atoms with Gasteiger partial charge in [-0.3, -0.25) is 9.78 Å². The number of pyridine rings is 1. The van der Waals surface area contributed by atoms with E-state index in [0.717, 1.165) is 29.7 Å². The van der Waals surface area contributed by atoms with E-state index < -0.39 is 0 Å². The number of hydrogen-bond acceptors (Lipinski definition) is 8. The van der Waals surface area contributed by atoms with Gasteiger partial charge in [-0.2, -0.15) is 0 Å². The second-order valence-electron chi connectivity index (χ2n) is 8.51. The van der Waals surface area contributed by atoms with Crippen LogP contribution in [0.2, 0.25) is 0 Å². The molecule has 1 fully saturated rings. The fourth-order valence-corrected chi connectivity index (χ4v) is 4.08. The van der Waals surface area contributed by atoms with Gasteiger partial charge >= 0.3 is 0 Å². The molecule has 1 aromatic carbocycles. The summed E-state index contributed by atoms with van der Waals surface area (Å²) < 4.78 is 11.1. The summed E-state index contributed by atoms with van der Waals surface area (Å²) in [5, 5.41) is 7.45. The summed E-state index contributed by atoms with van der Waals surface area (Å²) in [5.74, 6) is 1.14. The Balaban J connectivity index is 1.27. The van der Waals surface area contributed by atoms with E-state index >= 15 is 0 Å². The van der Waals surface area contributed by atoms with Crippen LogP contribution in [0.5, 0.6) is 5.75 Å². The summed E-state index contributed by atoms with van der Waals surface area (Å²) >= 11 is 0. The quantitative estimate of drug-likeness (QED) is 0.225. The Morgan fingerprint density at radius 2 is 1.92 bits per heavy atom. The third-order valence-electron chi connectivity index (χ3n) is 5.89. The molecule has 0 spiro atoms. The van der Waals surface area contributed by atoms with E-state index in [4.69, 9.17) is 9.47 Å². The van der Waals surface area contributed by atoms with Crippen LogP contribution in [-0.4, -0.2) is 76.7 Å². The highest BCUT2D eigenvalue weighted by Gasteiger charge is 2.19. The Labute approximate surface area is 214 Å². The number of anilines is 2. The van der Waals surface area contributed by atoms with Crippen LogP contribution in [0, 0.1) is 0 Å². The zero-order chi connectivity index (χ0) is 25.5. The molecule has 0 bridgehead atoms. The van der Waals surface area contributed by atoms with Gasteiger partial charge in [-0.1, -0.05) is 6.08 Å². The highest BCUT2D eigenvalue weighted by Crippen LogP contribution is 2.24. The van der Waals surface area contributed by atoms with Gasteiger partial charge < -0.3 is 30.0 Å². The third-order valence-corrected chi connectivity index (χ3v) is 5.89. The standard InChI is InChI=1S/C27H29N7O3/c1-2-13-36-14-15-37-21-5-7-29-24(18-21)23-6-8-30-27(33-23)31-20-3-4-22-19(16-20)17-25(32-22)26(35)34-11-9-28-10-12-34/h2-8,16-18,28,32H,1,9-15H2,(H,30,31,33). The van der Waals surface area contributed by atoms with E-state index in [1.165, 1.54) is 0 Å². The maximum Gasteiger partial charge on any atom is 0.270 e. The Kier molecular flexibility index (Phi) is 7.68. The van der Waals surface area contributed by atoms with Crippen molar-refractivity contribution in [2.24, 2.45) is 0 Å². The minimum atomic E-state index is 0.0197. The number of amides is 1. The van der Waals surface area contributed by atoms with E-state index in [2.05, 4.69) is 37.1 Å². The second kappa shape index (κ2) is 11.6. The van der Waals surface area contributed by atoms with Crippen molar-refractivity contribution >= 4 is 28.4 Å². The lowest BCUT2D eigenvalue weighted by atomic mass is 10.2. The first kappa shape index (κ1) is 24.4. The minimum absolute atomic E-state index is 0.0197. The van der Waals surface area contributed by atoms with Crippen molar-refractivity contribution in [2.75, 3.05) is 51.3 Å². The molecule has 3 aromatic heterocycles. The molecule has 0 unspecified atom stereocenters. The van der Waals surface area contributed by atoms with Gasteiger partial charge in [0.05, 0.1) is 24.6 Å². The molecule has 1 saturated heterocycles. The largest absolute Gasteiger partial charge is 0.491 e. The van der Waals surface area contributed by atoms with Gasteiger partial charge in [0.2, 0.25) is 5.95 Å². The molecule has 0 atom stereocenters. The zero-order valence-corrected chi connectivity index (χ0v) is 20.4. The Morgan fingerprint density at radius 1 is 1.05 bits per heavy atom. The molecule has 1 aliphatic rings. The Bertz CT molecular complexity index is 1380. The van der Waals surface area contributed by atoms with E-state index in [0.29, 0.717) is 61.7 Å².